The molecule has 0 unspecified atom stereocenters. The average Bonchev–Trinajstić information content (AvgIpc) is 3.33. The number of hydrogen-bond donors (Lipinski definition) is 1. The van der Waals surface area contributed by atoms with Crippen LogP contribution < -0.4 is 9.47 Å². The summed E-state index contributed by atoms with van der Waals surface area (Å²) in [5.74, 6) is 0.00320. The van der Waals surface area contributed by atoms with Crippen molar-refractivity contribution in [2.75, 3.05) is 33.8 Å². The summed E-state index contributed by atoms with van der Waals surface area (Å²) in [7, 11) is 3.93. The Balaban J connectivity index is 1.74. The van der Waals surface area contributed by atoms with Crippen molar-refractivity contribution in [2.24, 2.45) is 0 Å². The van der Waals surface area contributed by atoms with E-state index >= 15 is 0 Å². The molecule has 184 valence electrons. The number of aliphatic hydroxyl groups excluding tert-OH is 1. The van der Waals surface area contributed by atoms with Crippen LogP contribution in [-0.4, -0.2) is 66.5 Å². The molecule has 0 spiro atoms. The molecule has 2 aromatic carbocycles. The standard InChI is InChI=1S/C28H32N2O5/c1-5-15-34-22-10-7-19(8-11-22)25-24(27(32)28(33)30(25)14-6-13-29(3)4)26(31)20-9-12-23-21(17-20)16-18(2)35-23/h5,7-12,17-18,25,31H,1,6,13-16H2,2-4H3/t18-,25-/m0/s1. The van der Waals surface area contributed by atoms with Crippen LogP contribution in [0.4, 0.5) is 0 Å². The Labute approximate surface area is 206 Å². The summed E-state index contributed by atoms with van der Waals surface area (Å²) in [6, 6.07) is 12.0. The monoisotopic (exact) mass is 476 g/mol. The van der Waals surface area contributed by atoms with Crippen molar-refractivity contribution in [3.05, 3.63) is 77.4 Å². The fraction of sp³-hybridized carbons (Fsp3) is 0.357. The lowest BCUT2D eigenvalue weighted by molar-refractivity contribution is -0.139. The summed E-state index contributed by atoms with van der Waals surface area (Å²) in [5, 5.41) is 11.3. The molecule has 1 N–H and O–H groups in total. The van der Waals surface area contributed by atoms with E-state index in [1.807, 2.05) is 50.2 Å². The average molecular weight is 477 g/mol. The number of ether oxygens (including phenoxy) is 2. The van der Waals surface area contributed by atoms with Gasteiger partial charge in [-0.3, -0.25) is 9.59 Å². The van der Waals surface area contributed by atoms with Gasteiger partial charge in [0.15, 0.2) is 0 Å². The van der Waals surface area contributed by atoms with Gasteiger partial charge in [0.2, 0.25) is 0 Å². The van der Waals surface area contributed by atoms with Gasteiger partial charge in [0.1, 0.15) is 30.0 Å². The maximum atomic E-state index is 13.2. The first kappa shape index (κ1) is 24.5. The summed E-state index contributed by atoms with van der Waals surface area (Å²) in [6.45, 7) is 7.19. The molecule has 7 nitrogen and oxygen atoms in total. The summed E-state index contributed by atoms with van der Waals surface area (Å²) in [5.41, 5.74) is 2.32. The molecule has 35 heavy (non-hydrogen) atoms. The number of benzene rings is 2. The van der Waals surface area contributed by atoms with Crippen LogP contribution in [0.3, 0.4) is 0 Å². The molecule has 7 heteroatoms. The second-order valence-electron chi connectivity index (χ2n) is 9.27. The number of fused-ring (bicyclic) bond motifs is 1. The summed E-state index contributed by atoms with van der Waals surface area (Å²) < 4.78 is 11.4. The molecule has 2 aliphatic rings. The van der Waals surface area contributed by atoms with Gasteiger partial charge in [-0.05, 0) is 75.4 Å². The van der Waals surface area contributed by atoms with Gasteiger partial charge in [0, 0.05) is 18.5 Å². The molecule has 0 bridgehead atoms. The van der Waals surface area contributed by atoms with Crippen molar-refractivity contribution >= 4 is 17.4 Å². The normalized spacial score (nSPS) is 20.7. The highest BCUT2D eigenvalue weighted by atomic mass is 16.5. The lowest BCUT2D eigenvalue weighted by atomic mass is 9.94. The Kier molecular flexibility index (Phi) is 7.26. The fourth-order valence-electron chi connectivity index (χ4n) is 4.64. The number of rotatable bonds is 9. The number of carbonyl (C=O) groups is 2. The number of ketones is 1. The van der Waals surface area contributed by atoms with Crippen molar-refractivity contribution in [2.45, 2.75) is 31.9 Å². The minimum absolute atomic E-state index is 0.0616. The predicted molar refractivity (Wildman–Crippen MR) is 135 cm³/mol. The van der Waals surface area contributed by atoms with Gasteiger partial charge in [0.25, 0.3) is 11.7 Å². The quantitative estimate of drug-likeness (QED) is 0.256. The molecule has 4 rings (SSSR count). The molecule has 0 aromatic heterocycles. The van der Waals surface area contributed by atoms with Crippen molar-refractivity contribution in [3.63, 3.8) is 0 Å². The third kappa shape index (κ3) is 5.10. The van der Waals surface area contributed by atoms with Crippen molar-refractivity contribution < 1.29 is 24.2 Å². The molecule has 2 aliphatic heterocycles. The number of aliphatic hydroxyl groups is 1. The van der Waals surface area contributed by atoms with Crippen LogP contribution in [0.5, 0.6) is 11.5 Å². The second kappa shape index (κ2) is 10.4. The van der Waals surface area contributed by atoms with E-state index in [9.17, 15) is 14.7 Å². The molecular weight excluding hydrogens is 444 g/mol. The van der Waals surface area contributed by atoms with Crippen LogP contribution in [0.25, 0.3) is 5.76 Å². The lowest BCUT2D eigenvalue weighted by Gasteiger charge is -2.26. The largest absolute Gasteiger partial charge is 0.507 e. The summed E-state index contributed by atoms with van der Waals surface area (Å²) >= 11 is 0. The van der Waals surface area contributed by atoms with E-state index in [-0.39, 0.29) is 17.4 Å². The number of likely N-dealkylation sites (tertiary alicyclic amines) is 1. The minimum Gasteiger partial charge on any atom is -0.507 e. The molecular formula is C28H32N2O5. The molecule has 0 saturated carbocycles. The summed E-state index contributed by atoms with van der Waals surface area (Å²) in [4.78, 5) is 29.9. The van der Waals surface area contributed by atoms with Crippen LogP contribution in [0.2, 0.25) is 0 Å². The third-order valence-electron chi connectivity index (χ3n) is 6.28. The smallest absolute Gasteiger partial charge is 0.295 e. The number of amides is 1. The second-order valence-corrected chi connectivity index (χ2v) is 9.27. The Morgan fingerprint density at radius 3 is 2.66 bits per heavy atom. The van der Waals surface area contributed by atoms with E-state index in [1.54, 1.807) is 29.2 Å². The van der Waals surface area contributed by atoms with E-state index in [0.717, 1.165) is 29.8 Å². The maximum Gasteiger partial charge on any atom is 0.295 e. The molecule has 1 saturated heterocycles. The van der Waals surface area contributed by atoms with Gasteiger partial charge in [-0.15, -0.1) is 0 Å². The Morgan fingerprint density at radius 1 is 1.23 bits per heavy atom. The highest BCUT2D eigenvalue weighted by Gasteiger charge is 2.45. The van der Waals surface area contributed by atoms with Crippen LogP contribution >= 0.6 is 0 Å². The fourth-order valence-corrected chi connectivity index (χ4v) is 4.64. The first-order chi connectivity index (χ1) is 16.8. The highest BCUT2D eigenvalue weighted by Crippen LogP contribution is 2.41. The topological polar surface area (TPSA) is 79.3 Å². The molecule has 2 heterocycles. The lowest BCUT2D eigenvalue weighted by Crippen LogP contribution is -2.32. The molecule has 0 radical (unpaired) electrons. The first-order valence-electron chi connectivity index (χ1n) is 11.9. The molecule has 0 aliphatic carbocycles. The first-order valence-corrected chi connectivity index (χ1v) is 11.9. The van der Waals surface area contributed by atoms with Crippen molar-refractivity contribution in [1.82, 2.24) is 9.80 Å². The summed E-state index contributed by atoms with van der Waals surface area (Å²) in [6.07, 6.45) is 3.15. The number of hydrogen-bond acceptors (Lipinski definition) is 6. The Bertz CT molecular complexity index is 1150. The van der Waals surface area contributed by atoms with Crippen molar-refractivity contribution in [1.29, 1.82) is 0 Å². The molecule has 2 aromatic rings. The van der Waals surface area contributed by atoms with E-state index in [0.29, 0.717) is 30.9 Å². The van der Waals surface area contributed by atoms with Gasteiger partial charge in [-0.2, -0.15) is 0 Å². The van der Waals surface area contributed by atoms with Crippen LogP contribution in [0, 0.1) is 0 Å². The third-order valence-corrected chi connectivity index (χ3v) is 6.28. The zero-order valence-electron chi connectivity index (χ0n) is 20.5. The van der Waals surface area contributed by atoms with E-state index in [4.69, 9.17) is 9.47 Å². The molecule has 1 amide bonds. The SMILES string of the molecule is C=CCOc1ccc([C@H]2C(=C(O)c3ccc4c(c3)C[C@H](C)O4)C(=O)C(=O)N2CCCN(C)C)cc1. The van der Waals surface area contributed by atoms with Gasteiger partial charge in [0.05, 0.1) is 11.6 Å². The maximum absolute atomic E-state index is 13.2. The number of Topliss-reactive ketones (excluding diaryl/α,β-unsaturated/α-hetero) is 1. The van der Waals surface area contributed by atoms with E-state index < -0.39 is 17.7 Å². The highest BCUT2D eigenvalue weighted by molar-refractivity contribution is 6.46. The zero-order chi connectivity index (χ0) is 25.1. The van der Waals surface area contributed by atoms with Crippen molar-refractivity contribution in [3.8, 4) is 11.5 Å². The van der Waals surface area contributed by atoms with Crippen LogP contribution in [-0.2, 0) is 16.0 Å². The van der Waals surface area contributed by atoms with Gasteiger partial charge in [-0.25, -0.2) is 0 Å². The van der Waals surface area contributed by atoms with Gasteiger partial charge >= 0.3 is 0 Å². The van der Waals surface area contributed by atoms with E-state index in [1.165, 1.54) is 0 Å². The molecule has 2 atom stereocenters. The van der Waals surface area contributed by atoms with Gasteiger partial charge in [-0.1, -0.05) is 24.8 Å². The predicted octanol–water partition coefficient (Wildman–Crippen LogP) is 3.95. The van der Waals surface area contributed by atoms with E-state index in [2.05, 4.69) is 6.58 Å². The minimum atomic E-state index is -0.686. The van der Waals surface area contributed by atoms with Crippen LogP contribution in [0.15, 0.2) is 60.7 Å². The van der Waals surface area contributed by atoms with Crippen LogP contribution in [0.1, 0.15) is 36.1 Å². The Morgan fingerprint density at radius 2 is 1.97 bits per heavy atom. The zero-order valence-corrected chi connectivity index (χ0v) is 20.5. The number of nitrogens with zero attached hydrogens (tertiary/aromatic N) is 2. The Hall–Kier alpha value is -3.58. The molecule has 1 fully saturated rings. The van der Waals surface area contributed by atoms with Gasteiger partial charge < -0.3 is 24.4 Å². The number of carbonyl (C=O) groups excluding carboxylic acids is 2.